The summed E-state index contributed by atoms with van der Waals surface area (Å²) in [6.07, 6.45) is 4.23. The number of methoxy groups -OCH3 is 1. The third-order valence-electron chi connectivity index (χ3n) is 4.20. The Morgan fingerprint density at radius 1 is 1.03 bits per heavy atom. The first-order valence-electron chi connectivity index (χ1n) is 8.67. The molecule has 0 spiro atoms. The smallest absolute Gasteiger partial charge is 0.267 e. The number of nitrogens with zero attached hydrogens (tertiary/aromatic N) is 4. The van der Waals surface area contributed by atoms with Crippen molar-refractivity contribution in [1.82, 2.24) is 19.9 Å². The highest BCUT2D eigenvalue weighted by molar-refractivity contribution is 7.92. The van der Waals surface area contributed by atoms with Gasteiger partial charge in [0.15, 0.2) is 10.5 Å². The number of fused-ring (bicyclic) bond motifs is 1. The van der Waals surface area contributed by atoms with Gasteiger partial charge in [0.25, 0.3) is 10.0 Å². The fourth-order valence-corrected chi connectivity index (χ4v) is 4.28. The molecule has 0 aliphatic rings. The minimum atomic E-state index is -4.17. The average molecular weight is 461 g/mol. The molecular weight excluding hydrogens is 447 g/mol. The molecule has 12 heteroatoms. The van der Waals surface area contributed by atoms with Crippen molar-refractivity contribution in [3.8, 4) is 17.0 Å². The molecule has 31 heavy (non-hydrogen) atoms. The van der Waals surface area contributed by atoms with E-state index < -0.39 is 15.8 Å². The quantitative estimate of drug-likeness (QED) is 0.463. The summed E-state index contributed by atoms with van der Waals surface area (Å²) in [6.45, 7) is 0. The lowest BCUT2D eigenvalue weighted by atomic mass is 10.1. The lowest BCUT2D eigenvalue weighted by Gasteiger charge is -2.12. The van der Waals surface area contributed by atoms with Gasteiger partial charge < -0.3 is 10.5 Å². The van der Waals surface area contributed by atoms with Gasteiger partial charge in [-0.25, -0.2) is 27.8 Å². The van der Waals surface area contributed by atoms with Crippen LogP contribution < -0.4 is 15.2 Å². The molecule has 158 valence electrons. The van der Waals surface area contributed by atoms with Gasteiger partial charge in [-0.2, -0.15) is 4.98 Å². The van der Waals surface area contributed by atoms with Gasteiger partial charge >= 0.3 is 0 Å². The van der Waals surface area contributed by atoms with Crippen molar-refractivity contribution < 1.29 is 17.5 Å². The van der Waals surface area contributed by atoms with E-state index in [1.807, 2.05) is 0 Å². The number of halogens is 2. The van der Waals surface area contributed by atoms with Crippen molar-refractivity contribution in [3.05, 3.63) is 59.8 Å². The van der Waals surface area contributed by atoms with Crippen molar-refractivity contribution in [2.45, 2.75) is 4.90 Å². The predicted octanol–water partition coefficient (Wildman–Crippen LogP) is 3.27. The highest BCUT2D eigenvalue weighted by Gasteiger charge is 2.22. The molecule has 0 saturated carbocycles. The van der Waals surface area contributed by atoms with Gasteiger partial charge in [-0.15, -0.1) is 0 Å². The van der Waals surface area contributed by atoms with Crippen molar-refractivity contribution in [3.63, 3.8) is 0 Å². The second kappa shape index (κ2) is 7.93. The number of rotatable bonds is 5. The summed E-state index contributed by atoms with van der Waals surface area (Å²) in [5, 5.41) is 0.694. The molecule has 0 fully saturated rings. The van der Waals surface area contributed by atoms with Crippen LogP contribution in [0.15, 0.2) is 53.8 Å². The fourth-order valence-electron chi connectivity index (χ4n) is 2.87. The van der Waals surface area contributed by atoms with Crippen LogP contribution in [0.5, 0.6) is 5.88 Å². The molecular formula is C19H14ClFN6O3S. The zero-order valence-corrected chi connectivity index (χ0v) is 17.4. The van der Waals surface area contributed by atoms with Crippen LogP contribution in [0.4, 0.5) is 16.0 Å². The van der Waals surface area contributed by atoms with E-state index in [1.54, 1.807) is 6.07 Å². The maximum absolute atomic E-state index is 14.3. The number of hydrogen-bond acceptors (Lipinski definition) is 8. The van der Waals surface area contributed by atoms with Crippen molar-refractivity contribution in [2.24, 2.45) is 0 Å². The molecule has 0 bridgehead atoms. The summed E-state index contributed by atoms with van der Waals surface area (Å²) in [5.41, 5.74) is 6.85. The normalized spacial score (nSPS) is 11.5. The van der Waals surface area contributed by atoms with Crippen LogP contribution in [-0.2, 0) is 10.0 Å². The Balaban J connectivity index is 1.73. The highest BCUT2D eigenvalue weighted by Crippen LogP contribution is 2.30. The summed E-state index contributed by atoms with van der Waals surface area (Å²) in [6, 6.07) is 6.64. The lowest BCUT2D eigenvalue weighted by Crippen LogP contribution is -2.15. The molecule has 3 N–H and O–H groups in total. The van der Waals surface area contributed by atoms with Gasteiger partial charge in [0.05, 0.1) is 17.8 Å². The van der Waals surface area contributed by atoms with E-state index in [-0.39, 0.29) is 27.4 Å². The average Bonchev–Trinajstić information content (AvgIpc) is 2.72. The zero-order chi connectivity index (χ0) is 22.2. The Morgan fingerprint density at radius 2 is 1.84 bits per heavy atom. The third-order valence-corrected chi connectivity index (χ3v) is 5.79. The monoisotopic (exact) mass is 460 g/mol. The summed E-state index contributed by atoms with van der Waals surface area (Å²) in [5.74, 6) is -0.715. The first kappa shape index (κ1) is 20.7. The van der Waals surface area contributed by atoms with Crippen LogP contribution in [0.2, 0.25) is 5.02 Å². The van der Waals surface area contributed by atoms with Crippen molar-refractivity contribution in [1.29, 1.82) is 0 Å². The Kier molecular flexibility index (Phi) is 5.29. The SMILES string of the molecule is COc1ncc(Cl)cc1S(=O)(=O)Nc1cc(F)cc(-c2cnc3nc(N)ncc3c2)c1. The van der Waals surface area contributed by atoms with Crippen LogP contribution in [0.25, 0.3) is 22.2 Å². The van der Waals surface area contributed by atoms with E-state index >= 15 is 0 Å². The van der Waals surface area contributed by atoms with E-state index in [0.29, 0.717) is 22.2 Å². The number of benzene rings is 1. The Morgan fingerprint density at radius 3 is 2.61 bits per heavy atom. The number of ether oxygens (including phenoxy) is 1. The second-order valence-electron chi connectivity index (χ2n) is 6.36. The van der Waals surface area contributed by atoms with Crippen LogP contribution in [0, 0.1) is 5.82 Å². The summed E-state index contributed by atoms with van der Waals surface area (Å²) in [4.78, 5) is 15.7. The molecule has 3 heterocycles. The number of pyridine rings is 2. The Labute approximate surface area is 181 Å². The van der Waals surface area contributed by atoms with E-state index in [1.165, 1.54) is 43.9 Å². The van der Waals surface area contributed by atoms with Gasteiger partial charge in [0.1, 0.15) is 5.82 Å². The number of nitrogens with two attached hydrogens (primary N) is 1. The predicted molar refractivity (Wildman–Crippen MR) is 114 cm³/mol. The maximum atomic E-state index is 14.3. The molecule has 0 amide bonds. The Hall–Kier alpha value is -3.57. The topological polar surface area (TPSA) is 133 Å². The summed E-state index contributed by atoms with van der Waals surface area (Å²) >= 11 is 5.88. The lowest BCUT2D eigenvalue weighted by molar-refractivity contribution is 0.385. The van der Waals surface area contributed by atoms with Crippen LogP contribution in [-0.4, -0.2) is 35.5 Å². The minimum Gasteiger partial charge on any atom is -0.480 e. The van der Waals surface area contributed by atoms with E-state index in [2.05, 4.69) is 24.7 Å². The molecule has 0 aliphatic carbocycles. The molecule has 4 rings (SSSR count). The van der Waals surface area contributed by atoms with Crippen LogP contribution in [0.1, 0.15) is 0 Å². The van der Waals surface area contributed by atoms with E-state index in [0.717, 1.165) is 6.07 Å². The first-order chi connectivity index (χ1) is 14.7. The highest BCUT2D eigenvalue weighted by atomic mass is 35.5. The number of hydrogen-bond donors (Lipinski definition) is 2. The number of sulfonamides is 1. The van der Waals surface area contributed by atoms with Crippen LogP contribution in [0.3, 0.4) is 0 Å². The molecule has 0 atom stereocenters. The molecule has 0 unspecified atom stereocenters. The fraction of sp³-hybridized carbons (Fsp3) is 0.0526. The summed E-state index contributed by atoms with van der Waals surface area (Å²) in [7, 11) is -2.89. The molecule has 3 aromatic heterocycles. The van der Waals surface area contributed by atoms with Crippen molar-refractivity contribution >= 4 is 44.3 Å². The van der Waals surface area contributed by atoms with Crippen LogP contribution >= 0.6 is 11.6 Å². The molecule has 9 nitrogen and oxygen atoms in total. The van der Waals surface area contributed by atoms with Gasteiger partial charge in [-0.1, -0.05) is 11.6 Å². The molecule has 1 aromatic carbocycles. The second-order valence-corrected chi connectivity index (χ2v) is 8.45. The Bertz CT molecular complexity index is 1420. The standard InChI is InChI=1S/C19H14ClFN6O3S/c1-30-18-16(5-13(20)9-24-18)31(28,29)27-15-4-10(3-14(21)6-15)11-2-12-8-25-19(22)26-17(12)23-7-11/h2-9,27H,1H3,(H2,22,23,25,26). The molecule has 0 saturated heterocycles. The molecule has 4 aromatic rings. The minimum absolute atomic E-state index is 0.00863. The molecule has 0 aliphatic heterocycles. The van der Waals surface area contributed by atoms with Gasteiger partial charge in [-0.3, -0.25) is 4.72 Å². The zero-order valence-electron chi connectivity index (χ0n) is 15.9. The summed E-state index contributed by atoms with van der Waals surface area (Å²) < 4.78 is 47.3. The number of nitrogen functional groups attached to an aromatic ring is 1. The number of anilines is 2. The van der Waals surface area contributed by atoms with Gasteiger partial charge in [0, 0.05) is 29.5 Å². The maximum Gasteiger partial charge on any atom is 0.267 e. The third kappa shape index (κ3) is 4.32. The largest absolute Gasteiger partial charge is 0.480 e. The van der Waals surface area contributed by atoms with Crippen molar-refractivity contribution in [2.75, 3.05) is 17.6 Å². The molecule has 0 radical (unpaired) electrons. The number of nitrogens with one attached hydrogen (secondary N) is 1. The number of aromatic nitrogens is 4. The first-order valence-corrected chi connectivity index (χ1v) is 10.5. The van der Waals surface area contributed by atoms with Gasteiger partial charge in [-0.05, 0) is 35.9 Å². The van der Waals surface area contributed by atoms with E-state index in [9.17, 15) is 12.8 Å². The van der Waals surface area contributed by atoms with Gasteiger partial charge in [0.2, 0.25) is 11.8 Å². The van der Waals surface area contributed by atoms with E-state index in [4.69, 9.17) is 22.1 Å².